The molecule has 19 heavy (non-hydrogen) atoms. The number of halogens is 1. The van der Waals surface area contributed by atoms with Crippen molar-refractivity contribution in [1.82, 2.24) is 10.2 Å². The smallest absolute Gasteiger partial charge is 0.238 e. The lowest BCUT2D eigenvalue weighted by molar-refractivity contribution is -0.115. The zero-order chi connectivity index (χ0) is 13.4. The molecule has 1 amide bonds. The second kappa shape index (κ2) is 9.78. The van der Waals surface area contributed by atoms with Gasteiger partial charge in [-0.25, -0.2) is 0 Å². The van der Waals surface area contributed by atoms with Crippen LogP contribution in [0.1, 0.15) is 19.4 Å². The fraction of sp³-hybridized carbons (Fsp3) is 0.500. The summed E-state index contributed by atoms with van der Waals surface area (Å²) < 4.78 is 0. The van der Waals surface area contributed by atoms with Crippen molar-refractivity contribution >= 4 is 24.0 Å². The molecule has 0 unspecified atom stereocenters. The average Bonchev–Trinajstić information content (AvgIpc) is 2.36. The van der Waals surface area contributed by atoms with Crippen LogP contribution in [0.3, 0.4) is 0 Å². The zero-order valence-corrected chi connectivity index (χ0v) is 12.7. The van der Waals surface area contributed by atoms with Crippen molar-refractivity contribution in [3.8, 4) is 0 Å². The third-order valence-corrected chi connectivity index (χ3v) is 2.85. The van der Waals surface area contributed by atoms with E-state index in [4.69, 9.17) is 0 Å². The molecule has 1 aromatic carbocycles. The van der Waals surface area contributed by atoms with Crippen LogP contribution >= 0.6 is 12.4 Å². The van der Waals surface area contributed by atoms with Crippen molar-refractivity contribution in [2.24, 2.45) is 0 Å². The quantitative estimate of drug-likeness (QED) is 0.806. The molecular formula is C14H24ClN3O. The van der Waals surface area contributed by atoms with E-state index in [0.29, 0.717) is 6.54 Å². The van der Waals surface area contributed by atoms with Gasteiger partial charge in [0.05, 0.1) is 6.54 Å². The fourth-order valence-electron chi connectivity index (χ4n) is 1.82. The van der Waals surface area contributed by atoms with Crippen LogP contribution in [0.15, 0.2) is 24.3 Å². The Kier molecular flexibility index (Phi) is 9.21. The van der Waals surface area contributed by atoms with E-state index < -0.39 is 0 Å². The number of anilines is 1. The summed E-state index contributed by atoms with van der Waals surface area (Å²) in [5, 5.41) is 5.71. The summed E-state index contributed by atoms with van der Waals surface area (Å²) in [6, 6.07) is 8.02. The van der Waals surface area contributed by atoms with E-state index in [1.54, 1.807) is 7.05 Å². The third-order valence-electron chi connectivity index (χ3n) is 2.85. The summed E-state index contributed by atoms with van der Waals surface area (Å²) in [6.07, 6.45) is 0. The highest BCUT2D eigenvalue weighted by Crippen LogP contribution is 2.12. The van der Waals surface area contributed by atoms with Crippen molar-refractivity contribution in [3.63, 3.8) is 0 Å². The van der Waals surface area contributed by atoms with E-state index >= 15 is 0 Å². The van der Waals surface area contributed by atoms with Gasteiger partial charge in [0.25, 0.3) is 0 Å². The number of likely N-dealkylation sites (N-methyl/N-ethyl adjacent to an activating group) is 1. The Morgan fingerprint density at radius 1 is 1.26 bits per heavy atom. The number of hydrogen-bond donors (Lipinski definition) is 2. The molecule has 0 bridgehead atoms. The molecule has 0 saturated heterocycles. The van der Waals surface area contributed by atoms with Crippen LogP contribution in [-0.2, 0) is 11.3 Å². The molecule has 1 rings (SSSR count). The van der Waals surface area contributed by atoms with Crippen LogP contribution < -0.4 is 10.6 Å². The third kappa shape index (κ3) is 6.57. The Hall–Kier alpha value is -1.10. The largest absolute Gasteiger partial charge is 0.325 e. The lowest BCUT2D eigenvalue weighted by Gasteiger charge is -2.18. The molecule has 0 radical (unpaired) electrons. The second-order valence-electron chi connectivity index (χ2n) is 4.24. The summed E-state index contributed by atoms with van der Waals surface area (Å²) in [4.78, 5) is 13.8. The Bertz CT molecular complexity index is 381. The van der Waals surface area contributed by atoms with Gasteiger partial charge in [-0.1, -0.05) is 26.0 Å². The van der Waals surface area contributed by atoms with Gasteiger partial charge >= 0.3 is 0 Å². The molecule has 0 heterocycles. The minimum absolute atomic E-state index is 0. The van der Waals surface area contributed by atoms with Gasteiger partial charge in [0.15, 0.2) is 0 Å². The molecule has 1 aromatic rings. The first-order valence-corrected chi connectivity index (χ1v) is 6.45. The van der Waals surface area contributed by atoms with E-state index in [-0.39, 0.29) is 18.3 Å². The summed E-state index contributed by atoms with van der Waals surface area (Å²) in [5.41, 5.74) is 2.08. The molecule has 0 spiro atoms. The van der Waals surface area contributed by atoms with Crippen molar-refractivity contribution in [2.45, 2.75) is 20.4 Å². The van der Waals surface area contributed by atoms with Crippen molar-refractivity contribution in [1.29, 1.82) is 0 Å². The molecule has 0 aliphatic heterocycles. The zero-order valence-electron chi connectivity index (χ0n) is 11.9. The number of benzene rings is 1. The standard InChI is InChI=1S/C14H23N3O.ClH/c1-4-17(5-2)11-12-7-6-8-13(9-12)16-14(18)10-15-3;/h6-9,15H,4-5,10-11H2,1-3H3,(H,16,18);1H. The molecule has 5 heteroatoms. The summed E-state index contributed by atoms with van der Waals surface area (Å²) in [5.74, 6) is -0.0162. The number of amides is 1. The highest BCUT2D eigenvalue weighted by molar-refractivity contribution is 5.92. The minimum Gasteiger partial charge on any atom is -0.325 e. The van der Waals surface area contributed by atoms with Crippen molar-refractivity contribution in [3.05, 3.63) is 29.8 Å². The van der Waals surface area contributed by atoms with Gasteiger partial charge in [0, 0.05) is 12.2 Å². The number of carbonyl (C=O) groups is 1. The molecule has 0 aromatic heterocycles. The molecule has 0 atom stereocenters. The summed E-state index contributed by atoms with van der Waals surface area (Å²) >= 11 is 0. The van der Waals surface area contributed by atoms with E-state index in [1.807, 2.05) is 18.2 Å². The lowest BCUT2D eigenvalue weighted by atomic mass is 10.2. The normalized spacial score (nSPS) is 10.1. The second-order valence-corrected chi connectivity index (χ2v) is 4.24. The molecule has 4 nitrogen and oxygen atoms in total. The fourth-order valence-corrected chi connectivity index (χ4v) is 1.82. The van der Waals surface area contributed by atoms with Crippen LogP contribution in [-0.4, -0.2) is 37.5 Å². The van der Waals surface area contributed by atoms with Gasteiger partial charge in [-0.05, 0) is 37.8 Å². The predicted octanol–water partition coefficient (Wildman–Crippen LogP) is 2.11. The number of carbonyl (C=O) groups excluding carboxylic acids is 1. The van der Waals surface area contributed by atoms with Gasteiger partial charge in [0.2, 0.25) is 5.91 Å². The van der Waals surface area contributed by atoms with E-state index in [9.17, 15) is 4.79 Å². The van der Waals surface area contributed by atoms with Crippen molar-refractivity contribution in [2.75, 3.05) is 32.0 Å². The SMILES string of the molecule is CCN(CC)Cc1cccc(NC(=O)CNC)c1.Cl. The number of nitrogens with zero attached hydrogens (tertiary/aromatic N) is 1. The van der Waals surface area contributed by atoms with Crippen LogP contribution in [0.4, 0.5) is 5.69 Å². The van der Waals surface area contributed by atoms with Gasteiger partial charge in [-0.2, -0.15) is 0 Å². The Balaban J connectivity index is 0.00000324. The first-order chi connectivity index (χ1) is 8.69. The first-order valence-electron chi connectivity index (χ1n) is 6.45. The highest BCUT2D eigenvalue weighted by atomic mass is 35.5. The van der Waals surface area contributed by atoms with E-state index in [1.165, 1.54) is 5.56 Å². The Morgan fingerprint density at radius 2 is 1.95 bits per heavy atom. The Labute approximate surface area is 122 Å². The molecular weight excluding hydrogens is 262 g/mol. The van der Waals surface area contributed by atoms with Crippen LogP contribution in [0.5, 0.6) is 0 Å². The topological polar surface area (TPSA) is 44.4 Å². The highest BCUT2D eigenvalue weighted by Gasteiger charge is 2.04. The maximum absolute atomic E-state index is 11.5. The number of hydrogen-bond acceptors (Lipinski definition) is 3. The van der Waals surface area contributed by atoms with Crippen LogP contribution in [0.25, 0.3) is 0 Å². The van der Waals surface area contributed by atoms with Crippen LogP contribution in [0, 0.1) is 0 Å². The van der Waals surface area contributed by atoms with E-state index in [0.717, 1.165) is 25.3 Å². The molecule has 0 aliphatic rings. The minimum atomic E-state index is -0.0162. The first kappa shape index (κ1) is 17.9. The molecule has 2 N–H and O–H groups in total. The van der Waals surface area contributed by atoms with Crippen molar-refractivity contribution < 1.29 is 4.79 Å². The van der Waals surface area contributed by atoms with Gasteiger partial charge in [0.1, 0.15) is 0 Å². The summed E-state index contributed by atoms with van der Waals surface area (Å²) in [7, 11) is 1.76. The predicted molar refractivity (Wildman–Crippen MR) is 82.9 cm³/mol. The van der Waals surface area contributed by atoms with E-state index in [2.05, 4.69) is 35.4 Å². The average molecular weight is 286 g/mol. The number of nitrogens with one attached hydrogen (secondary N) is 2. The Morgan fingerprint density at radius 3 is 2.53 bits per heavy atom. The molecule has 108 valence electrons. The summed E-state index contributed by atoms with van der Waals surface area (Å²) in [6.45, 7) is 7.63. The maximum atomic E-state index is 11.5. The lowest BCUT2D eigenvalue weighted by Crippen LogP contribution is -2.25. The molecule has 0 fully saturated rings. The molecule has 0 saturated carbocycles. The molecule has 0 aliphatic carbocycles. The van der Waals surface area contributed by atoms with Crippen LogP contribution in [0.2, 0.25) is 0 Å². The van der Waals surface area contributed by atoms with Gasteiger partial charge < -0.3 is 10.6 Å². The van der Waals surface area contributed by atoms with Gasteiger partial charge in [-0.3, -0.25) is 9.69 Å². The van der Waals surface area contributed by atoms with Gasteiger partial charge in [-0.15, -0.1) is 12.4 Å². The maximum Gasteiger partial charge on any atom is 0.238 e. The monoisotopic (exact) mass is 285 g/mol. The number of rotatable bonds is 7.